The summed E-state index contributed by atoms with van der Waals surface area (Å²) in [7, 11) is 0. The zero-order valence-electron chi connectivity index (χ0n) is 20.6. The van der Waals surface area contributed by atoms with Crippen LogP contribution in [0.25, 0.3) is 10.9 Å². The van der Waals surface area contributed by atoms with Crippen molar-refractivity contribution in [2.45, 2.75) is 39.5 Å². The maximum Gasteiger partial charge on any atom is 0.303 e. The number of anilines is 4. The maximum atomic E-state index is 12.6. The fraction of sp³-hybridized carbons (Fsp3) is 0.520. The van der Waals surface area contributed by atoms with Crippen molar-refractivity contribution in [3.8, 4) is 0 Å². The van der Waals surface area contributed by atoms with Gasteiger partial charge in [-0.3, -0.25) is 9.59 Å². The molecule has 0 spiro atoms. The lowest BCUT2D eigenvalue weighted by Crippen LogP contribution is -2.39. The van der Waals surface area contributed by atoms with E-state index in [-0.39, 0.29) is 17.9 Å². The van der Waals surface area contributed by atoms with E-state index in [1.807, 2.05) is 12.1 Å². The largest absolute Gasteiger partial charge is 0.481 e. The van der Waals surface area contributed by atoms with Crippen LogP contribution in [0, 0.1) is 17.8 Å². The number of piperidine rings is 2. The Kier molecular flexibility index (Phi) is 6.71. The lowest BCUT2D eigenvalue weighted by atomic mass is 9.92. The number of aromatic nitrogens is 5. The predicted molar refractivity (Wildman–Crippen MR) is 138 cm³/mol. The lowest BCUT2D eigenvalue weighted by Gasteiger charge is -2.35. The number of hydrogen-bond donors (Lipinski definition) is 3. The molecule has 0 aromatic carbocycles. The molecule has 2 saturated heterocycles. The second kappa shape index (κ2) is 10.1. The normalized spacial score (nSPS) is 21.1. The highest BCUT2D eigenvalue weighted by Gasteiger charge is 2.25. The highest BCUT2D eigenvalue weighted by Crippen LogP contribution is 2.29. The van der Waals surface area contributed by atoms with Gasteiger partial charge in [-0.1, -0.05) is 13.8 Å². The van der Waals surface area contributed by atoms with Crippen molar-refractivity contribution in [3.05, 3.63) is 34.9 Å². The van der Waals surface area contributed by atoms with Crippen molar-refractivity contribution in [2.24, 2.45) is 17.8 Å². The Balaban J connectivity index is 1.37. The average molecular weight is 493 g/mol. The fourth-order valence-corrected chi connectivity index (χ4v) is 5.45. The van der Waals surface area contributed by atoms with E-state index in [0.717, 1.165) is 44.8 Å². The van der Waals surface area contributed by atoms with Crippen LogP contribution in [0.4, 0.5) is 23.3 Å². The molecule has 3 aromatic rings. The molecule has 3 aromatic heterocycles. The van der Waals surface area contributed by atoms with Crippen LogP contribution in [0.3, 0.4) is 0 Å². The van der Waals surface area contributed by atoms with Gasteiger partial charge in [0.15, 0.2) is 0 Å². The van der Waals surface area contributed by atoms with Crippen LogP contribution in [0.2, 0.25) is 0 Å². The number of hydrogen-bond acceptors (Lipinski definition) is 9. The summed E-state index contributed by atoms with van der Waals surface area (Å²) in [6, 6.07) is 3.85. The minimum atomic E-state index is -0.735. The van der Waals surface area contributed by atoms with E-state index in [9.17, 15) is 9.59 Å². The van der Waals surface area contributed by atoms with E-state index in [1.54, 1.807) is 12.4 Å². The van der Waals surface area contributed by atoms with Crippen LogP contribution in [-0.2, 0) is 4.79 Å². The first-order valence-electron chi connectivity index (χ1n) is 12.6. The van der Waals surface area contributed by atoms with Crippen LogP contribution in [0.15, 0.2) is 29.3 Å². The van der Waals surface area contributed by atoms with Crippen LogP contribution >= 0.6 is 0 Å². The summed E-state index contributed by atoms with van der Waals surface area (Å²) in [5, 5.41) is 19.1. The van der Waals surface area contributed by atoms with E-state index in [4.69, 9.17) is 10.1 Å². The molecule has 0 radical (unpaired) electrons. The molecule has 11 nitrogen and oxygen atoms in total. The van der Waals surface area contributed by atoms with Crippen LogP contribution < -0.4 is 20.7 Å². The van der Waals surface area contributed by atoms with Gasteiger partial charge < -0.3 is 20.2 Å². The Morgan fingerprint density at radius 2 is 1.86 bits per heavy atom. The zero-order chi connectivity index (χ0) is 25.2. The third-order valence-electron chi connectivity index (χ3n) is 7.07. The van der Waals surface area contributed by atoms with Gasteiger partial charge in [-0.2, -0.15) is 10.1 Å². The molecule has 11 heteroatoms. The summed E-state index contributed by atoms with van der Waals surface area (Å²) in [6.45, 7) is 7.77. The van der Waals surface area contributed by atoms with Gasteiger partial charge in [0, 0.05) is 32.6 Å². The lowest BCUT2D eigenvalue weighted by molar-refractivity contribution is -0.138. The van der Waals surface area contributed by atoms with Gasteiger partial charge in [-0.05, 0) is 49.1 Å². The van der Waals surface area contributed by atoms with Crippen LogP contribution in [0.1, 0.15) is 39.5 Å². The molecule has 0 amide bonds. The number of carbonyl (C=O) groups is 1. The number of H-pyrrole nitrogens is 1. The highest BCUT2D eigenvalue weighted by molar-refractivity contribution is 5.90. The fourth-order valence-electron chi connectivity index (χ4n) is 5.45. The number of rotatable bonds is 6. The molecule has 2 unspecified atom stereocenters. The first-order chi connectivity index (χ1) is 17.4. The van der Waals surface area contributed by atoms with Crippen molar-refractivity contribution in [1.82, 2.24) is 25.1 Å². The van der Waals surface area contributed by atoms with Gasteiger partial charge in [-0.25, -0.2) is 15.1 Å². The summed E-state index contributed by atoms with van der Waals surface area (Å²) < 4.78 is 0. The van der Waals surface area contributed by atoms with E-state index in [1.165, 1.54) is 6.42 Å². The topological polar surface area (TPSA) is 140 Å². The molecule has 0 bridgehead atoms. The number of pyridine rings is 1. The Morgan fingerprint density at radius 3 is 2.53 bits per heavy atom. The van der Waals surface area contributed by atoms with E-state index >= 15 is 0 Å². The molecule has 2 atom stereocenters. The van der Waals surface area contributed by atoms with Crippen molar-refractivity contribution >= 4 is 40.1 Å². The van der Waals surface area contributed by atoms with E-state index in [0.29, 0.717) is 40.2 Å². The number of aliphatic carboxylic acids is 1. The highest BCUT2D eigenvalue weighted by atomic mass is 16.4. The number of carboxylic acid groups (broad SMARTS) is 1. The first kappa shape index (κ1) is 24.0. The number of nitrogens with one attached hydrogen (secondary N) is 2. The van der Waals surface area contributed by atoms with Gasteiger partial charge in [0.1, 0.15) is 22.5 Å². The molecule has 0 aliphatic carbocycles. The second-order valence-corrected chi connectivity index (χ2v) is 10.2. The Morgan fingerprint density at radius 1 is 1.11 bits per heavy atom. The molecular weight excluding hydrogens is 460 g/mol. The zero-order valence-corrected chi connectivity index (χ0v) is 20.6. The summed E-state index contributed by atoms with van der Waals surface area (Å²) >= 11 is 0. The molecule has 5 rings (SSSR count). The average Bonchev–Trinajstić information content (AvgIpc) is 2.84. The molecule has 190 valence electrons. The summed E-state index contributed by atoms with van der Waals surface area (Å²) in [6.07, 6.45) is 6.36. The smallest absolute Gasteiger partial charge is 0.303 e. The number of carboxylic acids is 1. The Bertz CT molecular complexity index is 1280. The van der Waals surface area contributed by atoms with Crippen molar-refractivity contribution in [1.29, 1.82) is 0 Å². The van der Waals surface area contributed by atoms with E-state index in [2.05, 4.69) is 49.1 Å². The molecule has 2 aliphatic rings. The SMILES string of the molecule is CC1CC(C)CN(c2nc(Nc3ccc(N4CCC(CC(=O)O)CC4)nc3)c3c(=O)[nH]ncc3n2)C1. The quantitative estimate of drug-likeness (QED) is 0.470. The minimum absolute atomic E-state index is 0.221. The van der Waals surface area contributed by atoms with Gasteiger partial charge >= 0.3 is 5.97 Å². The Hall–Kier alpha value is -3.76. The van der Waals surface area contributed by atoms with Crippen LogP contribution in [-0.4, -0.2) is 62.4 Å². The monoisotopic (exact) mass is 492 g/mol. The number of aromatic amines is 1. The van der Waals surface area contributed by atoms with Crippen LogP contribution in [0.5, 0.6) is 0 Å². The van der Waals surface area contributed by atoms with Gasteiger partial charge in [0.2, 0.25) is 5.95 Å². The van der Waals surface area contributed by atoms with Crippen molar-refractivity contribution in [2.75, 3.05) is 41.3 Å². The second-order valence-electron chi connectivity index (χ2n) is 10.2. The number of nitrogens with zero attached hydrogens (tertiary/aromatic N) is 6. The third kappa shape index (κ3) is 5.24. The predicted octanol–water partition coefficient (Wildman–Crippen LogP) is 3.03. The first-order valence-corrected chi connectivity index (χ1v) is 12.6. The van der Waals surface area contributed by atoms with Gasteiger partial charge in [0.05, 0.1) is 18.1 Å². The molecule has 0 saturated carbocycles. The Labute approximate surface area is 209 Å². The van der Waals surface area contributed by atoms with Crippen molar-refractivity contribution in [3.63, 3.8) is 0 Å². The molecule has 2 fully saturated rings. The summed E-state index contributed by atoms with van der Waals surface area (Å²) in [4.78, 5) is 42.0. The number of fused-ring (bicyclic) bond motifs is 1. The molecule has 2 aliphatic heterocycles. The maximum absolute atomic E-state index is 12.6. The standard InChI is InChI=1S/C25H32N8O3/c1-15-9-16(2)14-33(13-15)25-29-19-12-27-31-24(36)22(19)23(30-25)28-18-3-4-20(26-11-18)32-7-5-17(6-8-32)10-21(34)35/h3-4,11-12,15-17H,5-10,13-14H2,1-2H3,(H,31,36)(H,34,35)(H,28,29,30). The summed E-state index contributed by atoms with van der Waals surface area (Å²) in [5.74, 6) is 2.42. The minimum Gasteiger partial charge on any atom is -0.481 e. The molecule has 36 heavy (non-hydrogen) atoms. The van der Waals surface area contributed by atoms with Gasteiger partial charge in [0.25, 0.3) is 5.56 Å². The molecular formula is C25H32N8O3. The molecule has 5 heterocycles. The summed E-state index contributed by atoms with van der Waals surface area (Å²) in [5.41, 5.74) is 0.851. The third-order valence-corrected chi connectivity index (χ3v) is 7.07. The van der Waals surface area contributed by atoms with Gasteiger partial charge in [-0.15, -0.1) is 0 Å². The van der Waals surface area contributed by atoms with E-state index < -0.39 is 5.97 Å². The molecule has 3 N–H and O–H groups in total. The van der Waals surface area contributed by atoms with Crippen molar-refractivity contribution < 1.29 is 9.90 Å².